The molecule has 0 fully saturated rings. The Labute approximate surface area is 126 Å². The molecule has 2 aromatic rings. The molecule has 1 aromatic carbocycles. The molecule has 1 aromatic heterocycles. The number of hydrogen-bond acceptors (Lipinski definition) is 3. The lowest BCUT2D eigenvalue weighted by molar-refractivity contribution is 0.530. The number of rotatable bonds is 7. The van der Waals surface area contributed by atoms with Gasteiger partial charge < -0.3 is 9.73 Å². The second-order valence-corrected chi connectivity index (χ2v) is 6.16. The zero-order valence-electron chi connectivity index (χ0n) is 12.5. The van der Waals surface area contributed by atoms with Crippen LogP contribution in [0.1, 0.15) is 35.4 Å². The lowest BCUT2D eigenvalue weighted by Gasteiger charge is -2.19. The van der Waals surface area contributed by atoms with Gasteiger partial charge in [-0.25, -0.2) is 0 Å². The van der Waals surface area contributed by atoms with Gasteiger partial charge in [-0.3, -0.25) is 0 Å². The SMILES string of the molecule is CCNC(CSCc1ccco1)c1cc(C)cc(C)c1. The minimum Gasteiger partial charge on any atom is -0.468 e. The van der Waals surface area contributed by atoms with Crippen LogP contribution < -0.4 is 5.32 Å². The summed E-state index contributed by atoms with van der Waals surface area (Å²) in [7, 11) is 0. The molecular weight excluding hydrogens is 266 g/mol. The lowest BCUT2D eigenvalue weighted by Crippen LogP contribution is -2.23. The molecule has 0 saturated carbocycles. The third kappa shape index (κ3) is 4.43. The Morgan fingerprint density at radius 2 is 1.95 bits per heavy atom. The van der Waals surface area contributed by atoms with E-state index < -0.39 is 0 Å². The van der Waals surface area contributed by atoms with Gasteiger partial charge in [0, 0.05) is 11.8 Å². The molecule has 108 valence electrons. The van der Waals surface area contributed by atoms with E-state index in [1.807, 2.05) is 23.9 Å². The average Bonchev–Trinajstić information content (AvgIpc) is 2.89. The molecule has 1 N–H and O–H groups in total. The summed E-state index contributed by atoms with van der Waals surface area (Å²) in [5.41, 5.74) is 4.05. The van der Waals surface area contributed by atoms with E-state index in [0.717, 1.165) is 23.8 Å². The Kier molecular flexibility index (Phi) is 5.74. The summed E-state index contributed by atoms with van der Waals surface area (Å²) in [5.74, 6) is 3.03. The molecule has 3 heteroatoms. The Balaban J connectivity index is 1.98. The van der Waals surface area contributed by atoms with Gasteiger partial charge in [0.2, 0.25) is 0 Å². The lowest BCUT2D eigenvalue weighted by atomic mass is 10.0. The van der Waals surface area contributed by atoms with Crippen molar-refractivity contribution in [3.05, 3.63) is 59.0 Å². The first-order chi connectivity index (χ1) is 9.69. The van der Waals surface area contributed by atoms with E-state index in [9.17, 15) is 0 Å². The number of benzene rings is 1. The first kappa shape index (κ1) is 15.2. The summed E-state index contributed by atoms with van der Waals surface area (Å²) in [6, 6.07) is 11.2. The molecule has 0 amide bonds. The minimum absolute atomic E-state index is 0.401. The Hall–Kier alpha value is -1.19. The first-order valence-electron chi connectivity index (χ1n) is 7.10. The Bertz CT molecular complexity index is 502. The molecule has 20 heavy (non-hydrogen) atoms. The summed E-state index contributed by atoms with van der Waals surface area (Å²) in [6.45, 7) is 7.47. The van der Waals surface area contributed by atoms with Crippen LogP contribution in [0, 0.1) is 13.8 Å². The van der Waals surface area contributed by atoms with Crippen LogP contribution in [-0.4, -0.2) is 12.3 Å². The highest BCUT2D eigenvalue weighted by atomic mass is 32.2. The van der Waals surface area contributed by atoms with Crippen molar-refractivity contribution in [2.75, 3.05) is 12.3 Å². The van der Waals surface area contributed by atoms with Crippen molar-refractivity contribution in [3.63, 3.8) is 0 Å². The van der Waals surface area contributed by atoms with E-state index in [-0.39, 0.29) is 0 Å². The molecule has 1 unspecified atom stereocenters. The van der Waals surface area contributed by atoms with Crippen LogP contribution in [-0.2, 0) is 5.75 Å². The van der Waals surface area contributed by atoms with Gasteiger partial charge in [-0.05, 0) is 38.1 Å². The molecule has 1 heterocycles. The first-order valence-corrected chi connectivity index (χ1v) is 8.26. The molecule has 0 aliphatic heterocycles. The monoisotopic (exact) mass is 289 g/mol. The highest BCUT2D eigenvalue weighted by molar-refractivity contribution is 7.98. The van der Waals surface area contributed by atoms with Crippen molar-refractivity contribution in [3.8, 4) is 0 Å². The van der Waals surface area contributed by atoms with Gasteiger partial charge in [-0.15, -0.1) is 0 Å². The van der Waals surface area contributed by atoms with Crippen LogP contribution >= 0.6 is 11.8 Å². The summed E-state index contributed by atoms with van der Waals surface area (Å²) < 4.78 is 5.38. The number of hydrogen-bond donors (Lipinski definition) is 1. The standard InChI is InChI=1S/C17H23NOS/c1-4-18-17(12-20-11-16-6-5-7-19-16)15-9-13(2)8-14(3)10-15/h5-10,17-18H,4,11-12H2,1-3H3. The van der Waals surface area contributed by atoms with Crippen LogP contribution in [0.3, 0.4) is 0 Å². The normalized spacial score (nSPS) is 12.6. The van der Waals surface area contributed by atoms with E-state index in [1.165, 1.54) is 16.7 Å². The summed E-state index contributed by atoms with van der Waals surface area (Å²) >= 11 is 1.91. The van der Waals surface area contributed by atoms with Crippen molar-refractivity contribution in [2.24, 2.45) is 0 Å². The van der Waals surface area contributed by atoms with Crippen LogP contribution in [0.4, 0.5) is 0 Å². The van der Waals surface area contributed by atoms with E-state index in [0.29, 0.717) is 6.04 Å². The Morgan fingerprint density at radius 1 is 1.20 bits per heavy atom. The summed E-state index contributed by atoms with van der Waals surface area (Å²) in [4.78, 5) is 0. The maximum Gasteiger partial charge on any atom is 0.113 e. The van der Waals surface area contributed by atoms with E-state index >= 15 is 0 Å². The van der Waals surface area contributed by atoms with Crippen LogP contribution in [0.5, 0.6) is 0 Å². The van der Waals surface area contributed by atoms with Gasteiger partial charge >= 0.3 is 0 Å². The quantitative estimate of drug-likeness (QED) is 0.813. The van der Waals surface area contributed by atoms with Crippen LogP contribution in [0.2, 0.25) is 0 Å². The average molecular weight is 289 g/mol. The van der Waals surface area contributed by atoms with Gasteiger partial charge in [-0.2, -0.15) is 11.8 Å². The van der Waals surface area contributed by atoms with E-state index in [4.69, 9.17) is 4.42 Å². The third-order valence-corrected chi connectivity index (χ3v) is 4.26. The van der Waals surface area contributed by atoms with Gasteiger partial charge in [-0.1, -0.05) is 36.2 Å². The van der Waals surface area contributed by atoms with Crippen LogP contribution in [0.25, 0.3) is 0 Å². The zero-order chi connectivity index (χ0) is 14.4. The molecule has 0 aliphatic rings. The fourth-order valence-corrected chi connectivity index (χ4v) is 3.43. The summed E-state index contributed by atoms with van der Waals surface area (Å²) in [5, 5.41) is 3.58. The number of thioether (sulfide) groups is 1. The highest BCUT2D eigenvalue weighted by Gasteiger charge is 2.11. The molecule has 2 nitrogen and oxygen atoms in total. The van der Waals surface area contributed by atoms with Crippen molar-refractivity contribution < 1.29 is 4.42 Å². The van der Waals surface area contributed by atoms with E-state index in [2.05, 4.69) is 44.3 Å². The van der Waals surface area contributed by atoms with Gasteiger partial charge in [0.25, 0.3) is 0 Å². The van der Waals surface area contributed by atoms with Gasteiger partial charge in [0.15, 0.2) is 0 Å². The Morgan fingerprint density at radius 3 is 2.55 bits per heavy atom. The second-order valence-electron chi connectivity index (χ2n) is 5.13. The maximum absolute atomic E-state index is 5.38. The fraction of sp³-hybridized carbons (Fsp3) is 0.412. The van der Waals surface area contributed by atoms with Gasteiger partial charge in [0.1, 0.15) is 5.76 Å². The smallest absolute Gasteiger partial charge is 0.113 e. The molecule has 0 aliphatic carbocycles. The van der Waals surface area contributed by atoms with Crippen molar-refractivity contribution in [1.82, 2.24) is 5.32 Å². The van der Waals surface area contributed by atoms with Crippen molar-refractivity contribution in [1.29, 1.82) is 0 Å². The predicted molar refractivity (Wildman–Crippen MR) is 87.2 cm³/mol. The molecule has 0 saturated heterocycles. The summed E-state index contributed by atoms with van der Waals surface area (Å²) in [6.07, 6.45) is 1.74. The number of furan rings is 1. The molecule has 2 rings (SSSR count). The molecule has 0 bridgehead atoms. The molecular formula is C17H23NOS. The van der Waals surface area contributed by atoms with Crippen molar-refractivity contribution >= 4 is 11.8 Å². The fourth-order valence-electron chi connectivity index (χ4n) is 2.40. The molecule has 0 radical (unpaired) electrons. The number of nitrogens with one attached hydrogen (secondary N) is 1. The van der Waals surface area contributed by atoms with Crippen LogP contribution in [0.15, 0.2) is 41.0 Å². The minimum atomic E-state index is 0.401. The number of aryl methyl sites for hydroxylation is 2. The third-order valence-electron chi connectivity index (χ3n) is 3.21. The van der Waals surface area contributed by atoms with E-state index in [1.54, 1.807) is 6.26 Å². The zero-order valence-corrected chi connectivity index (χ0v) is 13.3. The highest BCUT2D eigenvalue weighted by Crippen LogP contribution is 2.23. The van der Waals surface area contributed by atoms with Gasteiger partial charge in [0.05, 0.1) is 12.0 Å². The largest absolute Gasteiger partial charge is 0.468 e. The second kappa shape index (κ2) is 7.55. The van der Waals surface area contributed by atoms with Crippen molar-refractivity contribution in [2.45, 2.75) is 32.6 Å². The predicted octanol–water partition coefficient (Wildman–Crippen LogP) is 4.48. The molecule has 0 spiro atoms. The topological polar surface area (TPSA) is 25.2 Å². The maximum atomic E-state index is 5.38. The molecule has 1 atom stereocenters.